The van der Waals surface area contributed by atoms with Crippen molar-refractivity contribution < 1.29 is 4.84 Å². The molecule has 1 saturated heterocycles. The maximum atomic E-state index is 5.21. The molecule has 2 nitrogen and oxygen atoms in total. The summed E-state index contributed by atoms with van der Waals surface area (Å²) in [5.41, 5.74) is 0. The molecule has 1 aliphatic heterocycles. The number of hydrogen-bond acceptors (Lipinski definition) is 2. The molecule has 0 aliphatic carbocycles. The van der Waals surface area contributed by atoms with Gasteiger partial charge in [0.2, 0.25) is 0 Å². The first-order chi connectivity index (χ1) is 4.33. The molecule has 1 fully saturated rings. The molecular formula is C7H13NO. The van der Waals surface area contributed by atoms with Crippen LogP contribution in [0.5, 0.6) is 0 Å². The lowest BCUT2D eigenvalue weighted by Crippen LogP contribution is -2.44. The highest BCUT2D eigenvalue weighted by Gasteiger charge is 2.22. The highest BCUT2D eigenvalue weighted by Crippen LogP contribution is 2.13. The fraction of sp³-hybridized carbons (Fsp3) is 0.714. The van der Waals surface area contributed by atoms with Gasteiger partial charge in [-0.15, -0.1) is 6.58 Å². The lowest BCUT2D eigenvalue weighted by Gasteiger charge is -2.35. The summed E-state index contributed by atoms with van der Waals surface area (Å²) < 4.78 is 0. The first-order valence-corrected chi connectivity index (χ1v) is 3.31. The average molecular weight is 127 g/mol. The molecule has 1 rings (SSSR count). The van der Waals surface area contributed by atoms with Crippen molar-refractivity contribution in [2.24, 2.45) is 5.92 Å². The fourth-order valence-electron chi connectivity index (χ4n) is 0.905. The second kappa shape index (κ2) is 2.99. The first kappa shape index (κ1) is 6.78. The standard InChI is InChI=1S/C7H13NO/c1-3-4-9-8-5-7(2)6-8/h3,7H,1,4-6H2,2H3. The topological polar surface area (TPSA) is 12.5 Å². The van der Waals surface area contributed by atoms with Crippen LogP contribution in [0.3, 0.4) is 0 Å². The predicted molar refractivity (Wildman–Crippen MR) is 36.9 cm³/mol. The molecule has 0 atom stereocenters. The van der Waals surface area contributed by atoms with Crippen molar-refractivity contribution in [3.8, 4) is 0 Å². The Morgan fingerprint density at radius 1 is 1.78 bits per heavy atom. The molecule has 52 valence electrons. The van der Waals surface area contributed by atoms with Crippen LogP contribution in [0.2, 0.25) is 0 Å². The Balaban J connectivity index is 1.97. The summed E-state index contributed by atoms with van der Waals surface area (Å²) >= 11 is 0. The van der Waals surface area contributed by atoms with E-state index in [0.717, 1.165) is 19.0 Å². The fourth-order valence-corrected chi connectivity index (χ4v) is 0.905. The minimum atomic E-state index is 0.646. The van der Waals surface area contributed by atoms with Crippen LogP contribution < -0.4 is 0 Å². The molecule has 0 aromatic rings. The summed E-state index contributed by atoms with van der Waals surface area (Å²) in [6.45, 7) is 8.57. The zero-order valence-electron chi connectivity index (χ0n) is 5.84. The van der Waals surface area contributed by atoms with E-state index in [2.05, 4.69) is 13.5 Å². The summed E-state index contributed by atoms with van der Waals surface area (Å²) in [7, 11) is 0. The van der Waals surface area contributed by atoms with Gasteiger partial charge in [-0.2, -0.15) is 5.06 Å². The molecule has 2 heteroatoms. The van der Waals surface area contributed by atoms with Crippen molar-refractivity contribution in [2.45, 2.75) is 6.92 Å². The molecule has 0 amide bonds. The summed E-state index contributed by atoms with van der Waals surface area (Å²) in [6.07, 6.45) is 1.77. The van der Waals surface area contributed by atoms with Gasteiger partial charge >= 0.3 is 0 Å². The highest BCUT2D eigenvalue weighted by molar-refractivity contribution is 4.70. The van der Waals surface area contributed by atoms with E-state index in [-0.39, 0.29) is 0 Å². The molecular weight excluding hydrogens is 114 g/mol. The minimum Gasteiger partial charge on any atom is -0.295 e. The van der Waals surface area contributed by atoms with Crippen LogP contribution in [0.25, 0.3) is 0 Å². The quantitative estimate of drug-likeness (QED) is 0.525. The molecule has 0 aromatic carbocycles. The van der Waals surface area contributed by atoms with Gasteiger partial charge in [-0.1, -0.05) is 13.0 Å². The lowest BCUT2D eigenvalue weighted by molar-refractivity contribution is -0.207. The van der Waals surface area contributed by atoms with Gasteiger partial charge in [-0.05, 0) is 5.92 Å². The van der Waals surface area contributed by atoms with Crippen LogP contribution in [0.4, 0.5) is 0 Å². The summed E-state index contributed by atoms with van der Waals surface area (Å²) in [5, 5.41) is 1.96. The highest BCUT2D eigenvalue weighted by atomic mass is 16.7. The SMILES string of the molecule is C=CCON1CC(C)C1. The summed E-state index contributed by atoms with van der Waals surface area (Å²) in [6, 6.07) is 0. The van der Waals surface area contributed by atoms with Crippen LogP contribution in [0.1, 0.15) is 6.92 Å². The summed E-state index contributed by atoms with van der Waals surface area (Å²) in [5.74, 6) is 0.815. The molecule has 0 bridgehead atoms. The van der Waals surface area contributed by atoms with Crippen LogP contribution >= 0.6 is 0 Å². The zero-order chi connectivity index (χ0) is 6.69. The van der Waals surface area contributed by atoms with Gasteiger partial charge in [0, 0.05) is 13.1 Å². The number of rotatable bonds is 3. The van der Waals surface area contributed by atoms with E-state index in [1.165, 1.54) is 0 Å². The van der Waals surface area contributed by atoms with Gasteiger partial charge in [0.05, 0.1) is 6.61 Å². The average Bonchev–Trinajstić information content (AvgIpc) is 1.78. The normalized spacial score (nSPS) is 21.4. The maximum Gasteiger partial charge on any atom is 0.0864 e. The maximum absolute atomic E-state index is 5.21. The Labute approximate surface area is 56.1 Å². The van der Waals surface area contributed by atoms with Gasteiger partial charge in [0.25, 0.3) is 0 Å². The molecule has 0 spiro atoms. The Bertz CT molecular complexity index is 97.1. The van der Waals surface area contributed by atoms with E-state index >= 15 is 0 Å². The Hall–Kier alpha value is -0.340. The van der Waals surface area contributed by atoms with Gasteiger partial charge in [0.15, 0.2) is 0 Å². The van der Waals surface area contributed by atoms with Crippen LogP contribution in [-0.4, -0.2) is 24.8 Å². The lowest BCUT2D eigenvalue weighted by atomic mass is 10.1. The van der Waals surface area contributed by atoms with Crippen molar-refractivity contribution in [3.63, 3.8) is 0 Å². The largest absolute Gasteiger partial charge is 0.295 e. The third kappa shape index (κ3) is 1.80. The number of hydrogen-bond donors (Lipinski definition) is 0. The number of nitrogens with zero attached hydrogens (tertiary/aromatic N) is 1. The van der Waals surface area contributed by atoms with Crippen LogP contribution in [-0.2, 0) is 4.84 Å². The molecule has 9 heavy (non-hydrogen) atoms. The zero-order valence-corrected chi connectivity index (χ0v) is 5.84. The third-order valence-electron chi connectivity index (χ3n) is 1.41. The van der Waals surface area contributed by atoms with Gasteiger partial charge in [0.1, 0.15) is 0 Å². The number of hydroxylamine groups is 2. The third-order valence-corrected chi connectivity index (χ3v) is 1.41. The van der Waals surface area contributed by atoms with E-state index in [0.29, 0.717) is 6.61 Å². The van der Waals surface area contributed by atoms with Crippen LogP contribution in [0, 0.1) is 5.92 Å². The van der Waals surface area contributed by atoms with Crippen molar-refractivity contribution >= 4 is 0 Å². The molecule has 0 radical (unpaired) electrons. The second-order valence-electron chi connectivity index (χ2n) is 2.54. The smallest absolute Gasteiger partial charge is 0.0864 e. The van der Waals surface area contributed by atoms with Gasteiger partial charge in [-0.25, -0.2) is 0 Å². The Morgan fingerprint density at radius 2 is 2.44 bits per heavy atom. The van der Waals surface area contributed by atoms with E-state index in [9.17, 15) is 0 Å². The minimum absolute atomic E-state index is 0.646. The van der Waals surface area contributed by atoms with E-state index in [4.69, 9.17) is 4.84 Å². The predicted octanol–water partition coefficient (Wildman–Crippen LogP) is 1.06. The van der Waals surface area contributed by atoms with Crippen molar-refractivity contribution in [1.82, 2.24) is 5.06 Å². The van der Waals surface area contributed by atoms with Gasteiger partial charge in [-0.3, -0.25) is 4.84 Å². The summed E-state index contributed by atoms with van der Waals surface area (Å²) in [4.78, 5) is 5.21. The van der Waals surface area contributed by atoms with Crippen LogP contribution in [0.15, 0.2) is 12.7 Å². The molecule has 1 aliphatic rings. The molecule has 0 unspecified atom stereocenters. The van der Waals surface area contributed by atoms with Crippen molar-refractivity contribution in [3.05, 3.63) is 12.7 Å². The molecule has 0 aromatic heterocycles. The van der Waals surface area contributed by atoms with Crippen molar-refractivity contribution in [1.29, 1.82) is 0 Å². The van der Waals surface area contributed by atoms with Gasteiger partial charge < -0.3 is 0 Å². The van der Waals surface area contributed by atoms with E-state index < -0.39 is 0 Å². The Kier molecular flexibility index (Phi) is 2.25. The molecule has 0 N–H and O–H groups in total. The first-order valence-electron chi connectivity index (χ1n) is 3.31. The monoisotopic (exact) mass is 127 g/mol. The molecule has 1 heterocycles. The van der Waals surface area contributed by atoms with E-state index in [1.54, 1.807) is 6.08 Å². The van der Waals surface area contributed by atoms with Crippen molar-refractivity contribution in [2.75, 3.05) is 19.7 Å². The molecule has 0 saturated carbocycles. The van der Waals surface area contributed by atoms with E-state index in [1.807, 2.05) is 5.06 Å². The second-order valence-corrected chi connectivity index (χ2v) is 2.54. The Morgan fingerprint density at radius 3 is 2.89 bits per heavy atom.